The number of carbonyl (C=O) groups excluding carboxylic acids is 1. The molecule has 0 aromatic heterocycles. The maximum atomic E-state index is 11.9. The molecule has 0 radical (unpaired) electrons. The molecule has 1 aliphatic heterocycles. The van der Waals surface area contributed by atoms with Crippen LogP contribution in [0.3, 0.4) is 0 Å². The summed E-state index contributed by atoms with van der Waals surface area (Å²) in [4.78, 5) is 11.9. The summed E-state index contributed by atoms with van der Waals surface area (Å²) < 4.78 is 11.0. The molecule has 1 heterocycles. The first kappa shape index (κ1) is 13.3. The first-order valence-electron chi connectivity index (χ1n) is 5.82. The highest BCUT2D eigenvalue weighted by atomic mass is 35.5. The zero-order valence-corrected chi connectivity index (χ0v) is 11.2. The molecular weight excluding hydrogens is 254 g/mol. The van der Waals surface area contributed by atoms with E-state index in [9.17, 15) is 4.79 Å². The number of benzene rings is 1. The van der Waals surface area contributed by atoms with Crippen LogP contribution in [-0.2, 0) is 9.47 Å². The highest BCUT2D eigenvalue weighted by Gasteiger charge is 2.32. The maximum absolute atomic E-state index is 11.9. The first-order chi connectivity index (χ1) is 8.48. The minimum atomic E-state index is -0.570. The topological polar surface area (TPSA) is 47.6 Å². The van der Waals surface area contributed by atoms with Gasteiger partial charge in [-0.15, -0.1) is 0 Å². The number of rotatable bonds is 3. The molecule has 5 heteroatoms. The van der Waals surface area contributed by atoms with Gasteiger partial charge in [0.1, 0.15) is 6.10 Å². The molecular formula is C13H16ClNO3. The van der Waals surface area contributed by atoms with Crippen LogP contribution in [0.1, 0.15) is 24.2 Å². The molecule has 0 spiro atoms. The van der Waals surface area contributed by atoms with E-state index in [-0.39, 0.29) is 12.0 Å². The fraction of sp³-hybridized carbons (Fsp3) is 0.462. The van der Waals surface area contributed by atoms with Crippen LogP contribution in [0.25, 0.3) is 0 Å². The molecule has 1 fully saturated rings. The molecule has 2 rings (SSSR count). The summed E-state index contributed by atoms with van der Waals surface area (Å²) in [5.74, 6) is -0.770. The monoisotopic (exact) mass is 269 g/mol. The zero-order chi connectivity index (χ0) is 13.2. The number of ether oxygens (including phenoxy) is 2. The lowest BCUT2D eigenvalue weighted by Gasteiger charge is -2.17. The minimum absolute atomic E-state index is 0.119. The first-order valence-corrected chi connectivity index (χ1v) is 6.20. The average molecular weight is 270 g/mol. The average Bonchev–Trinajstić information content (AvgIpc) is 2.66. The standard InChI is InChI=1S/C13H16ClNO3/c1-13(2)17-8-9(18-13)7-15-12(16)10-5-3-4-6-11(10)14/h3-6,9H,7-8H2,1-2H3,(H,15,16). The van der Waals surface area contributed by atoms with Crippen molar-refractivity contribution in [2.45, 2.75) is 25.7 Å². The lowest BCUT2D eigenvalue weighted by molar-refractivity contribution is -0.137. The Kier molecular flexibility index (Phi) is 3.90. The van der Waals surface area contributed by atoms with Crippen molar-refractivity contribution >= 4 is 17.5 Å². The van der Waals surface area contributed by atoms with Gasteiger partial charge < -0.3 is 14.8 Å². The number of halogens is 1. The van der Waals surface area contributed by atoms with Crippen LogP contribution in [0.4, 0.5) is 0 Å². The van der Waals surface area contributed by atoms with Gasteiger partial charge in [-0.25, -0.2) is 0 Å². The van der Waals surface area contributed by atoms with E-state index in [0.717, 1.165) is 0 Å². The van der Waals surface area contributed by atoms with Crippen molar-refractivity contribution in [3.63, 3.8) is 0 Å². The van der Waals surface area contributed by atoms with Crippen LogP contribution in [0.15, 0.2) is 24.3 Å². The second-order valence-corrected chi connectivity index (χ2v) is 5.05. The van der Waals surface area contributed by atoms with Gasteiger partial charge in [-0.2, -0.15) is 0 Å². The Hall–Kier alpha value is -1.10. The lowest BCUT2D eigenvalue weighted by Crippen LogP contribution is -2.34. The van der Waals surface area contributed by atoms with Gasteiger partial charge in [0.2, 0.25) is 0 Å². The Bertz CT molecular complexity index is 448. The molecule has 1 aliphatic rings. The van der Waals surface area contributed by atoms with Crippen molar-refractivity contribution in [1.29, 1.82) is 0 Å². The van der Waals surface area contributed by atoms with Crippen molar-refractivity contribution in [2.75, 3.05) is 13.2 Å². The van der Waals surface area contributed by atoms with Crippen molar-refractivity contribution in [3.8, 4) is 0 Å². The second-order valence-electron chi connectivity index (χ2n) is 4.64. The maximum Gasteiger partial charge on any atom is 0.252 e. The van der Waals surface area contributed by atoms with E-state index in [2.05, 4.69) is 5.32 Å². The SMILES string of the molecule is CC1(C)OCC(CNC(=O)c2ccccc2Cl)O1. The van der Waals surface area contributed by atoms with Crippen molar-refractivity contribution in [1.82, 2.24) is 5.32 Å². The van der Waals surface area contributed by atoms with Gasteiger partial charge in [0.05, 0.1) is 17.2 Å². The van der Waals surface area contributed by atoms with Gasteiger partial charge in [0.15, 0.2) is 5.79 Å². The third kappa shape index (κ3) is 3.22. The summed E-state index contributed by atoms with van der Waals surface area (Å²) >= 11 is 5.94. The minimum Gasteiger partial charge on any atom is -0.349 e. The number of hydrogen-bond acceptors (Lipinski definition) is 3. The Morgan fingerprint density at radius 2 is 2.22 bits per heavy atom. The van der Waals surface area contributed by atoms with Crippen molar-refractivity contribution in [2.24, 2.45) is 0 Å². The van der Waals surface area contributed by atoms with Gasteiger partial charge in [-0.05, 0) is 26.0 Å². The van der Waals surface area contributed by atoms with Crippen molar-refractivity contribution in [3.05, 3.63) is 34.9 Å². The molecule has 4 nitrogen and oxygen atoms in total. The summed E-state index contributed by atoms with van der Waals surface area (Å²) in [7, 11) is 0. The molecule has 0 saturated carbocycles. The van der Waals surface area contributed by atoms with Crippen LogP contribution in [-0.4, -0.2) is 30.9 Å². The van der Waals surface area contributed by atoms with E-state index in [1.165, 1.54) is 0 Å². The van der Waals surface area contributed by atoms with E-state index in [0.29, 0.717) is 23.7 Å². The molecule has 1 unspecified atom stereocenters. The van der Waals surface area contributed by atoms with Crippen LogP contribution in [0, 0.1) is 0 Å². The molecule has 1 aromatic carbocycles. The number of hydrogen-bond donors (Lipinski definition) is 1. The van der Waals surface area contributed by atoms with Gasteiger partial charge in [-0.3, -0.25) is 4.79 Å². The van der Waals surface area contributed by atoms with Gasteiger partial charge in [0.25, 0.3) is 5.91 Å². The third-order valence-corrected chi connectivity index (χ3v) is 3.01. The molecule has 18 heavy (non-hydrogen) atoms. The summed E-state index contributed by atoms with van der Waals surface area (Å²) in [5.41, 5.74) is 0.470. The number of nitrogens with one attached hydrogen (secondary N) is 1. The molecule has 1 saturated heterocycles. The van der Waals surface area contributed by atoms with Crippen LogP contribution in [0.2, 0.25) is 5.02 Å². The molecule has 0 bridgehead atoms. The van der Waals surface area contributed by atoms with Crippen LogP contribution < -0.4 is 5.32 Å². The normalized spacial score (nSPS) is 21.8. The highest BCUT2D eigenvalue weighted by Crippen LogP contribution is 2.22. The Balaban J connectivity index is 1.88. The quantitative estimate of drug-likeness (QED) is 0.915. The molecule has 0 aliphatic carbocycles. The predicted octanol–water partition coefficient (Wildman–Crippen LogP) is 2.22. The summed E-state index contributed by atoms with van der Waals surface area (Å²) in [6, 6.07) is 6.94. The lowest BCUT2D eigenvalue weighted by atomic mass is 10.2. The van der Waals surface area contributed by atoms with Crippen LogP contribution in [0.5, 0.6) is 0 Å². The summed E-state index contributed by atoms with van der Waals surface area (Å²) in [6.45, 7) is 4.59. The Morgan fingerprint density at radius 1 is 1.50 bits per heavy atom. The largest absolute Gasteiger partial charge is 0.349 e. The molecule has 1 aromatic rings. The Morgan fingerprint density at radius 3 is 2.83 bits per heavy atom. The van der Waals surface area contributed by atoms with E-state index < -0.39 is 5.79 Å². The van der Waals surface area contributed by atoms with Gasteiger partial charge in [0, 0.05) is 6.54 Å². The van der Waals surface area contributed by atoms with Crippen molar-refractivity contribution < 1.29 is 14.3 Å². The number of amides is 1. The predicted molar refractivity (Wildman–Crippen MR) is 68.7 cm³/mol. The van der Waals surface area contributed by atoms with Crippen LogP contribution >= 0.6 is 11.6 Å². The highest BCUT2D eigenvalue weighted by molar-refractivity contribution is 6.33. The molecule has 98 valence electrons. The summed E-state index contributed by atoms with van der Waals surface area (Å²) in [6.07, 6.45) is -0.119. The zero-order valence-electron chi connectivity index (χ0n) is 10.4. The van der Waals surface area contributed by atoms with Gasteiger partial charge >= 0.3 is 0 Å². The van der Waals surface area contributed by atoms with E-state index in [1.807, 2.05) is 13.8 Å². The summed E-state index contributed by atoms with van der Waals surface area (Å²) in [5, 5.41) is 3.23. The smallest absolute Gasteiger partial charge is 0.252 e. The Labute approximate surface area is 111 Å². The van der Waals surface area contributed by atoms with E-state index in [1.54, 1.807) is 24.3 Å². The number of carbonyl (C=O) groups is 1. The van der Waals surface area contributed by atoms with E-state index >= 15 is 0 Å². The molecule has 1 N–H and O–H groups in total. The van der Waals surface area contributed by atoms with Gasteiger partial charge in [-0.1, -0.05) is 23.7 Å². The molecule has 1 atom stereocenters. The fourth-order valence-electron chi connectivity index (χ4n) is 1.81. The second kappa shape index (κ2) is 5.26. The third-order valence-electron chi connectivity index (χ3n) is 2.68. The molecule has 1 amide bonds. The fourth-order valence-corrected chi connectivity index (χ4v) is 2.03. The van der Waals surface area contributed by atoms with E-state index in [4.69, 9.17) is 21.1 Å².